The first-order valence-corrected chi connectivity index (χ1v) is 10.4. The van der Waals surface area contributed by atoms with E-state index in [0.717, 1.165) is 22.8 Å². The normalized spacial score (nSPS) is 11.9. The topological polar surface area (TPSA) is 85.2 Å². The summed E-state index contributed by atoms with van der Waals surface area (Å²) in [4.78, 5) is 18.8. The maximum Gasteiger partial charge on any atom is 0.237 e. The minimum Gasteiger partial charge on any atom is -0.383 e. The van der Waals surface area contributed by atoms with E-state index >= 15 is 0 Å². The third kappa shape index (κ3) is 5.37. The van der Waals surface area contributed by atoms with Gasteiger partial charge in [0.1, 0.15) is 0 Å². The van der Waals surface area contributed by atoms with Crippen molar-refractivity contribution in [3.8, 4) is 11.4 Å². The van der Waals surface area contributed by atoms with E-state index in [4.69, 9.17) is 4.74 Å². The minimum absolute atomic E-state index is 0.0932. The summed E-state index contributed by atoms with van der Waals surface area (Å²) in [6.45, 7) is 2.96. The molecule has 1 amide bonds. The average Bonchev–Trinajstić information content (AvgIpc) is 3.15. The number of thioether (sulfide) groups is 1. The molecule has 2 aromatic heterocycles. The van der Waals surface area contributed by atoms with E-state index < -0.39 is 0 Å². The second-order valence-corrected chi connectivity index (χ2v) is 8.19. The Bertz CT molecular complexity index is 959. The van der Waals surface area contributed by atoms with Gasteiger partial charge in [0.05, 0.1) is 18.4 Å². The van der Waals surface area contributed by atoms with Crippen molar-refractivity contribution in [1.82, 2.24) is 19.7 Å². The van der Waals surface area contributed by atoms with E-state index in [1.807, 2.05) is 66.9 Å². The summed E-state index contributed by atoms with van der Waals surface area (Å²) in [6.07, 6.45) is 3.43. The highest BCUT2D eigenvalue weighted by Gasteiger charge is 2.21. The fourth-order valence-corrected chi connectivity index (χ4v) is 3.65. The summed E-state index contributed by atoms with van der Waals surface area (Å²) in [7, 11) is 5.61. The van der Waals surface area contributed by atoms with Crippen molar-refractivity contribution in [1.29, 1.82) is 0 Å². The van der Waals surface area contributed by atoms with E-state index in [2.05, 4.69) is 20.5 Å². The van der Waals surface area contributed by atoms with E-state index in [9.17, 15) is 4.79 Å². The van der Waals surface area contributed by atoms with Gasteiger partial charge in [-0.1, -0.05) is 11.8 Å². The van der Waals surface area contributed by atoms with Crippen LogP contribution in [-0.2, 0) is 16.1 Å². The van der Waals surface area contributed by atoms with Gasteiger partial charge >= 0.3 is 0 Å². The molecule has 8 nitrogen and oxygen atoms in total. The Hall–Kier alpha value is -2.91. The molecule has 0 saturated carbocycles. The van der Waals surface area contributed by atoms with Crippen molar-refractivity contribution in [2.75, 3.05) is 38.0 Å². The lowest BCUT2D eigenvalue weighted by atomic mass is 10.2. The summed E-state index contributed by atoms with van der Waals surface area (Å²) in [5, 5.41) is 11.9. The molecule has 0 aliphatic heterocycles. The largest absolute Gasteiger partial charge is 0.383 e. The quantitative estimate of drug-likeness (QED) is 0.526. The Morgan fingerprint density at radius 1 is 1.17 bits per heavy atom. The zero-order valence-electron chi connectivity index (χ0n) is 17.6. The molecule has 0 radical (unpaired) electrons. The number of anilines is 2. The average molecular weight is 427 g/mol. The number of ether oxygens (including phenoxy) is 1. The molecule has 0 aliphatic rings. The predicted octanol–water partition coefficient (Wildman–Crippen LogP) is 3.17. The summed E-state index contributed by atoms with van der Waals surface area (Å²) in [5.74, 6) is 0.633. The van der Waals surface area contributed by atoms with Gasteiger partial charge in [0, 0.05) is 50.5 Å². The first kappa shape index (κ1) is 21.8. The molecular formula is C21H26N6O2S. The fraction of sp³-hybridized carbons (Fsp3) is 0.333. The first-order chi connectivity index (χ1) is 14.5. The molecule has 1 N–H and O–H groups in total. The number of benzene rings is 1. The van der Waals surface area contributed by atoms with Crippen LogP contribution in [0, 0.1) is 0 Å². The van der Waals surface area contributed by atoms with Crippen LogP contribution in [0.1, 0.15) is 6.92 Å². The van der Waals surface area contributed by atoms with Crippen molar-refractivity contribution in [2.45, 2.75) is 23.9 Å². The molecule has 1 atom stereocenters. The van der Waals surface area contributed by atoms with Gasteiger partial charge in [-0.2, -0.15) is 0 Å². The molecule has 0 spiro atoms. The molecule has 158 valence electrons. The highest BCUT2D eigenvalue weighted by atomic mass is 32.2. The molecule has 9 heteroatoms. The number of nitrogens with zero attached hydrogens (tertiary/aromatic N) is 5. The monoisotopic (exact) mass is 426 g/mol. The Morgan fingerprint density at radius 2 is 1.87 bits per heavy atom. The lowest BCUT2D eigenvalue weighted by Crippen LogP contribution is -2.23. The second kappa shape index (κ2) is 10.2. The van der Waals surface area contributed by atoms with Crippen molar-refractivity contribution >= 4 is 29.0 Å². The third-order valence-corrected chi connectivity index (χ3v) is 5.56. The standard InChI is InChI=1S/C21H26N6O2S/c1-15(20(28)23-17-5-7-18(8-6-17)26(2)3)30-21-25-24-19(27(21)13-14-29-4)16-9-11-22-12-10-16/h5-12,15H,13-14H2,1-4H3,(H,23,28)/t15-/m1/s1. The maximum atomic E-state index is 12.7. The molecule has 3 aromatic rings. The van der Waals surface area contributed by atoms with Crippen molar-refractivity contribution < 1.29 is 9.53 Å². The Morgan fingerprint density at radius 3 is 2.50 bits per heavy atom. The molecule has 30 heavy (non-hydrogen) atoms. The Kier molecular flexibility index (Phi) is 7.42. The van der Waals surface area contributed by atoms with Gasteiger partial charge in [0.15, 0.2) is 11.0 Å². The van der Waals surface area contributed by atoms with Crippen LogP contribution in [0.5, 0.6) is 0 Å². The minimum atomic E-state index is -0.352. The molecule has 0 fully saturated rings. The number of rotatable bonds is 9. The van der Waals surface area contributed by atoms with Gasteiger partial charge in [0.2, 0.25) is 5.91 Å². The van der Waals surface area contributed by atoms with Crippen LogP contribution in [0.15, 0.2) is 53.9 Å². The number of pyridine rings is 1. The van der Waals surface area contributed by atoms with E-state index in [0.29, 0.717) is 18.3 Å². The summed E-state index contributed by atoms with van der Waals surface area (Å²) >= 11 is 1.37. The molecular weight excluding hydrogens is 400 g/mol. The number of carbonyl (C=O) groups is 1. The molecule has 0 bridgehead atoms. The van der Waals surface area contributed by atoms with Crippen LogP contribution in [0.25, 0.3) is 11.4 Å². The Labute approximate surface area is 180 Å². The molecule has 2 heterocycles. The smallest absolute Gasteiger partial charge is 0.237 e. The second-order valence-electron chi connectivity index (χ2n) is 6.88. The molecule has 3 rings (SSSR count). The van der Waals surface area contributed by atoms with E-state index in [1.165, 1.54) is 11.8 Å². The molecule has 1 aromatic carbocycles. The van der Waals surface area contributed by atoms with Gasteiger partial charge < -0.3 is 15.0 Å². The highest BCUT2D eigenvalue weighted by molar-refractivity contribution is 8.00. The molecule has 0 saturated heterocycles. The predicted molar refractivity (Wildman–Crippen MR) is 120 cm³/mol. The third-order valence-electron chi connectivity index (χ3n) is 4.48. The lowest BCUT2D eigenvalue weighted by Gasteiger charge is -2.15. The summed E-state index contributed by atoms with van der Waals surface area (Å²) < 4.78 is 7.21. The van der Waals surface area contributed by atoms with Gasteiger partial charge in [-0.3, -0.25) is 14.3 Å². The molecule has 0 aliphatic carbocycles. The van der Waals surface area contributed by atoms with Crippen LogP contribution < -0.4 is 10.2 Å². The van der Waals surface area contributed by atoms with Crippen molar-refractivity contribution in [3.63, 3.8) is 0 Å². The van der Waals surface area contributed by atoms with Crippen LogP contribution in [0.4, 0.5) is 11.4 Å². The van der Waals surface area contributed by atoms with Crippen LogP contribution in [-0.4, -0.2) is 58.7 Å². The van der Waals surface area contributed by atoms with Crippen molar-refractivity contribution in [3.05, 3.63) is 48.8 Å². The number of hydrogen-bond acceptors (Lipinski definition) is 7. The number of aromatic nitrogens is 4. The highest BCUT2D eigenvalue weighted by Crippen LogP contribution is 2.27. The number of carbonyl (C=O) groups excluding carboxylic acids is 1. The zero-order chi connectivity index (χ0) is 21.5. The van der Waals surface area contributed by atoms with Gasteiger partial charge in [0.25, 0.3) is 0 Å². The zero-order valence-corrected chi connectivity index (χ0v) is 18.4. The number of amides is 1. The molecule has 0 unspecified atom stereocenters. The van der Waals surface area contributed by atoms with E-state index in [-0.39, 0.29) is 11.2 Å². The lowest BCUT2D eigenvalue weighted by molar-refractivity contribution is -0.115. The number of hydrogen-bond donors (Lipinski definition) is 1. The van der Waals surface area contributed by atoms with Crippen LogP contribution >= 0.6 is 11.8 Å². The fourth-order valence-electron chi connectivity index (χ4n) is 2.77. The van der Waals surface area contributed by atoms with Gasteiger partial charge in [-0.25, -0.2) is 0 Å². The van der Waals surface area contributed by atoms with Gasteiger partial charge in [-0.15, -0.1) is 10.2 Å². The van der Waals surface area contributed by atoms with Crippen molar-refractivity contribution in [2.24, 2.45) is 0 Å². The number of nitrogens with one attached hydrogen (secondary N) is 1. The SMILES string of the molecule is COCCn1c(S[C@H](C)C(=O)Nc2ccc(N(C)C)cc2)nnc1-c1ccncc1. The van der Waals surface area contributed by atoms with E-state index in [1.54, 1.807) is 19.5 Å². The Balaban J connectivity index is 1.72. The van der Waals surface area contributed by atoms with Gasteiger partial charge in [-0.05, 0) is 43.3 Å². The van der Waals surface area contributed by atoms with Crippen LogP contribution in [0.2, 0.25) is 0 Å². The maximum absolute atomic E-state index is 12.7. The first-order valence-electron chi connectivity index (χ1n) is 9.57. The summed E-state index contributed by atoms with van der Waals surface area (Å²) in [6, 6.07) is 11.5. The summed E-state index contributed by atoms with van der Waals surface area (Å²) in [5.41, 5.74) is 2.75. The number of methoxy groups -OCH3 is 1. The van der Waals surface area contributed by atoms with Crippen LogP contribution in [0.3, 0.4) is 0 Å².